The molecular weight excluding hydrogens is 455 g/mol. The minimum Gasteiger partial charge on any atom is -0.467 e. The van der Waals surface area contributed by atoms with Gasteiger partial charge >= 0.3 is 0 Å². The topological polar surface area (TPSA) is 83.9 Å². The maximum Gasteiger partial charge on any atom is 0.251 e. The molecule has 0 aliphatic carbocycles. The maximum atomic E-state index is 12.3. The first kappa shape index (κ1) is 21.3. The standard InChI is InChI=1S/C20H26N4O2.HI/c1-15-7-9-24(10-8-15)20(21)23-13-16-4-2-5-17(12-16)19(25)22-14-18-6-3-11-26-18;/h2-6,11-12,15H,7-10,13-14H2,1H3,(H2,21,23)(H,22,25);1H. The van der Waals surface area contributed by atoms with Crippen molar-refractivity contribution in [1.29, 1.82) is 0 Å². The number of furan rings is 1. The molecule has 1 amide bonds. The number of hydrogen-bond acceptors (Lipinski definition) is 3. The van der Waals surface area contributed by atoms with Gasteiger partial charge in [0, 0.05) is 18.7 Å². The highest BCUT2D eigenvalue weighted by Gasteiger charge is 2.16. The molecule has 0 spiro atoms. The second kappa shape index (κ2) is 10.3. The zero-order chi connectivity index (χ0) is 18.4. The lowest BCUT2D eigenvalue weighted by molar-refractivity contribution is 0.0948. The lowest BCUT2D eigenvalue weighted by Crippen LogP contribution is -2.42. The normalized spacial score (nSPS) is 15.3. The summed E-state index contributed by atoms with van der Waals surface area (Å²) in [7, 11) is 0. The molecule has 6 nitrogen and oxygen atoms in total. The van der Waals surface area contributed by atoms with Crippen LogP contribution in [0.2, 0.25) is 0 Å². The third kappa shape index (κ3) is 6.27. The number of likely N-dealkylation sites (tertiary alicyclic amines) is 1. The van der Waals surface area contributed by atoms with E-state index in [2.05, 4.69) is 22.1 Å². The summed E-state index contributed by atoms with van der Waals surface area (Å²) in [5, 5.41) is 2.85. The summed E-state index contributed by atoms with van der Waals surface area (Å²) < 4.78 is 5.22. The van der Waals surface area contributed by atoms with Gasteiger partial charge in [-0.15, -0.1) is 24.0 Å². The van der Waals surface area contributed by atoms with Crippen molar-refractivity contribution in [2.75, 3.05) is 13.1 Å². The van der Waals surface area contributed by atoms with Gasteiger partial charge in [-0.2, -0.15) is 0 Å². The average molecular weight is 482 g/mol. The SMILES string of the molecule is CC1CCN(C(N)=NCc2cccc(C(=O)NCc3ccco3)c2)CC1.I. The van der Waals surface area contributed by atoms with Crippen LogP contribution in [0.15, 0.2) is 52.1 Å². The number of halogens is 1. The van der Waals surface area contributed by atoms with Crippen LogP contribution in [0.1, 0.15) is 41.4 Å². The minimum atomic E-state index is -0.134. The van der Waals surface area contributed by atoms with Gasteiger partial charge in [-0.1, -0.05) is 19.1 Å². The van der Waals surface area contributed by atoms with Crippen LogP contribution in [-0.4, -0.2) is 29.9 Å². The first-order valence-corrected chi connectivity index (χ1v) is 9.06. The van der Waals surface area contributed by atoms with Gasteiger partial charge in [-0.3, -0.25) is 4.79 Å². The van der Waals surface area contributed by atoms with E-state index in [0.29, 0.717) is 24.6 Å². The van der Waals surface area contributed by atoms with Gasteiger partial charge in [0.25, 0.3) is 5.91 Å². The van der Waals surface area contributed by atoms with E-state index in [1.807, 2.05) is 24.3 Å². The summed E-state index contributed by atoms with van der Waals surface area (Å²) in [4.78, 5) is 18.9. The molecule has 27 heavy (non-hydrogen) atoms. The first-order chi connectivity index (χ1) is 12.6. The number of piperidine rings is 1. The molecule has 1 aliphatic heterocycles. The summed E-state index contributed by atoms with van der Waals surface area (Å²) in [5.41, 5.74) is 7.70. The number of carbonyl (C=O) groups is 1. The Morgan fingerprint density at radius 1 is 1.30 bits per heavy atom. The predicted octanol–water partition coefficient (Wildman–Crippen LogP) is 3.37. The van der Waals surface area contributed by atoms with Crippen LogP contribution in [-0.2, 0) is 13.1 Å². The summed E-state index contributed by atoms with van der Waals surface area (Å²) in [6, 6.07) is 11.1. The van der Waals surface area contributed by atoms with Crippen LogP contribution in [0.4, 0.5) is 0 Å². The third-order valence-electron chi connectivity index (χ3n) is 4.72. The molecule has 1 fully saturated rings. The summed E-state index contributed by atoms with van der Waals surface area (Å²) >= 11 is 0. The number of carbonyl (C=O) groups excluding carboxylic acids is 1. The van der Waals surface area contributed by atoms with Crippen LogP contribution in [0.5, 0.6) is 0 Å². The molecule has 0 saturated carbocycles. The van der Waals surface area contributed by atoms with E-state index < -0.39 is 0 Å². The van der Waals surface area contributed by atoms with Crippen molar-refractivity contribution in [2.24, 2.45) is 16.6 Å². The number of amides is 1. The highest BCUT2D eigenvalue weighted by molar-refractivity contribution is 14.0. The van der Waals surface area contributed by atoms with Crippen LogP contribution >= 0.6 is 24.0 Å². The Kier molecular flexibility index (Phi) is 8.15. The second-order valence-corrected chi connectivity index (χ2v) is 6.81. The summed E-state index contributed by atoms with van der Waals surface area (Å²) in [6.45, 7) is 5.04. The van der Waals surface area contributed by atoms with Crippen LogP contribution in [0.3, 0.4) is 0 Å². The molecule has 1 aromatic heterocycles. The number of nitrogens with zero attached hydrogens (tertiary/aromatic N) is 2. The highest BCUT2D eigenvalue weighted by atomic mass is 127. The zero-order valence-electron chi connectivity index (χ0n) is 15.6. The average Bonchev–Trinajstić information content (AvgIpc) is 3.18. The molecule has 1 aromatic carbocycles. The van der Waals surface area contributed by atoms with Crippen molar-refractivity contribution < 1.29 is 9.21 Å². The third-order valence-corrected chi connectivity index (χ3v) is 4.72. The van der Waals surface area contributed by atoms with E-state index in [0.717, 1.165) is 43.2 Å². The lowest BCUT2D eigenvalue weighted by atomic mass is 10.00. The van der Waals surface area contributed by atoms with E-state index in [4.69, 9.17) is 10.2 Å². The molecule has 0 bridgehead atoms. The molecule has 3 N–H and O–H groups in total. The number of hydrogen-bond donors (Lipinski definition) is 2. The maximum absolute atomic E-state index is 12.3. The van der Waals surface area contributed by atoms with Crippen molar-refractivity contribution in [3.8, 4) is 0 Å². The highest BCUT2D eigenvalue weighted by Crippen LogP contribution is 2.16. The quantitative estimate of drug-likeness (QED) is 0.389. The van der Waals surface area contributed by atoms with Crippen LogP contribution < -0.4 is 11.1 Å². The Balaban J connectivity index is 0.00000261. The Hall–Kier alpha value is -2.03. The van der Waals surface area contributed by atoms with Gasteiger partial charge in [-0.05, 0) is 48.6 Å². The second-order valence-electron chi connectivity index (χ2n) is 6.81. The summed E-state index contributed by atoms with van der Waals surface area (Å²) in [5.74, 6) is 1.94. The number of nitrogens with two attached hydrogens (primary N) is 1. The fourth-order valence-corrected chi connectivity index (χ4v) is 3.00. The molecule has 2 aromatic rings. The van der Waals surface area contributed by atoms with E-state index in [-0.39, 0.29) is 29.9 Å². The van der Waals surface area contributed by atoms with E-state index in [1.165, 1.54) is 0 Å². The number of nitrogens with one attached hydrogen (secondary N) is 1. The monoisotopic (exact) mass is 482 g/mol. The number of benzene rings is 1. The molecule has 0 unspecified atom stereocenters. The minimum absolute atomic E-state index is 0. The van der Waals surface area contributed by atoms with Crippen molar-refractivity contribution >= 4 is 35.8 Å². The number of rotatable bonds is 5. The van der Waals surface area contributed by atoms with Gasteiger partial charge in [0.1, 0.15) is 5.76 Å². The van der Waals surface area contributed by atoms with E-state index in [1.54, 1.807) is 18.4 Å². The predicted molar refractivity (Wildman–Crippen MR) is 117 cm³/mol. The van der Waals surface area contributed by atoms with Crippen molar-refractivity contribution in [3.63, 3.8) is 0 Å². The largest absolute Gasteiger partial charge is 0.467 e. The molecule has 0 radical (unpaired) electrons. The molecule has 3 rings (SSSR count). The molecule has 1 saturated heterocycles. The van der Waals surface area contributed by atoms with Gasteiger partial charge in [0.2, 0.25) is 0 Å². The van der Waals surface area contributed by atoms with Crippen LogP contribution in [0, 0.1) is 5.92 Å². The van der Waals surface area contributed by atoms with Gasteiger partial charge in [0.15, 0.2) is 5.96 Å². The summed E-state index contributed by atoms with van der Waals surface area (Å²) in [6.07, 6.45) is 3.90. The smallest absolute Gasteiger partial charge is 0.251 e. The fourth-order valence-electron chi connectivity index (χ4n) is 3.00. The van der Waals surface area contributed by atoms with Gasteiger partial charge in [0.05, 0.1) is 19.4 Å². The van der Waals surface area contributed by atoms with E-state index in [9.17, 15) is 4.79 Å². The van der Waals surface area contributed by atoms with Crippen molar-refractivity contribution in [1.82, 2.24) is 10.2 Å². The Morgan fingerprint density at radius 3 is 2.78 bits per heavy atom. The fraction of sp³-hybridized carbons (Fsp3) is 0.400. The lowest BCUT2D eigenvalue weighted by Gasteiger charge is -2.31. The van der Waals surface area contributed by atoms with Crippen LogP contribution in [0.25, 0.3) is 0 Å². The van der Waals surface area contributed by atoms with E-state index >= 15 is 0 Å². The van der Waals surface area contributed by atoms with Crippen molar-refractivity contribution in [2.45, 2.75) is 32.9 Å². The molecule has 146 valence electrons. The Bertz CT molecular complexity index is 753. The Labute approximate surface area is 177 Å². The van der Waals surface area contributed by atoms with Gasteiger partial charge in [-0.25, -0.2) is 4.99 Å². The zero-order valence-corrected chi connectivity index (χ0v) is 17.9. The molecule has 1 aliphatic rings. The molecular formula is C20H27IN4O2. The van der Waals surface area contributed by atoms with Crippen molar-refractivity contribution in [3.05, 3.63) is 59.5 Å². The number of guanidine groups is 1. The molecule has 2 heterocycles. The Morgan fingerprint density at radius 2 is 2.07 bits per heavy atom. The molecule has 0 atom stereocenters. The number of aliphatic imine (C=N–C) groups is 1. The van der Waals surface area contributed by atoms with Gasteiger partial charge < -0.3 is 20.4 Å². The first-order valence-electron chi connectivity index (χ1n) is 9.06. The molecule has 7 heteroatoms.